The molecular formula is C13H21NO3. The number of ether oxygens (including phenoxy) is 2. The molecule has 0 spiro atoms. The Balaban J connectivity index is 2.44. The molecule has 0 aliphatic rings. The first-order chi connectivity index (χ1) is 8.15. The third-order valence-corrected chi connectivity index (χ3v) is 2.41. The van der Waals surface area contributed by atoms with Gasteiger partial charge in [0.05, 0.1) is 12.7 Å². The summed E-state index contributed by atoms with van der Waals surface area (Å²) >= 11 is 0. The van der Waals surface area contributed by atoms with E-state index in [-0.39, 0.29) is 5.92 Å². The fourth-order valence-corrected chi connectivity index (χ4v) is 1.39. The molecule has 0 saturated heterocycles. The Morgan fingerprint density at radius 1 is 1.29 bits per heavy atom. The summed E-state index contributed by atoms with van der Waals surface area (Å²) < 4.78 is 10.5. The van der Waals surface area contributed by atoms with E-state index in [1.165, 1.54) is 0 Å². The zero-order valence-electron chi connectivity index (χ0n) is 10.7. The van der Waals surface area contributed by atoms with Crippen LogP contribution in [0.15, 0.2) is 18.3 Å². The van der Waals surface area contributed by atoms with Crippen LogP contribution in [-0.2, 0) is 4.74 Å². The van der Waals surface area contributed by atoms with Crippen molar-refractivity contribution in [2.45, 2.75) is 26.9 Å². The monoisotopic (exact) mass is 239 g/mol. The number of aliphatic hydroxyl groups excluding tert-OH is 1. The number of hydrogen-bond acceptors (Lipinski definition) is 4. The first-order valence-corrected chi connectivity index (χ1v) is 5.99. The largest absolute Gasteiger partial charge is 0.475 e. The molecule has 4 heteroatoms. The van der Waals surface area contributed by atoms with Gasteiger partial charge in [0, 0.05) is 18.9 Å². The minimum atomic E-state index is -0.472. The summed E-state index contributed by atoms with van der Waals surface area (Å²) in [5.41, 5.74) is 0.817. The molecule has 0 aliphatic heterocycles. The quantitative estimate of drug-likeness (QED) is 0.741. The molecule has 0 aliphatic carbocycles. The Bertz CT molecular complexity index is 311. The Kier molecular flexibility index (Phi) is 5.94. The molecule has 1 aromatic heterocycles. The summed E-state index contributed by atoms with van der Waals surface area (Å²) in [4.78, 5) is 4.14. The van der Waals surface area contributed by atoms with E-state index in [1.54, 1.807) is 12.3 Å². The Morgan fingerprint density at radius 2 is 2.06 bits per heavy atom. The van der Waals surface area contributed by atoms with Gasteiger partial charge >= 0.3 is 0 Å². The average Bonchev–Trinajstić information content (AvgIpc) is 2.34. The van der Waals surface area contributed by atoms with Gasteiger partial charge in [-0.3, -0.25) is 0 Å². The van der Waals surface area contributed by atoms with Gasteiger partial charge in [-0.05, 0) is 24.5 Å². The van der Waals surface area contributed by atoms with Crippen LogP contribution in [0.25, 0.3) is 0 Å². The highest BCUT2D eigenvalue weighted by atomic mass is 16.5. The molecule has 0 aromatic carbocycles. The van der Waals surface area contributed by atoms with Gasteiger partial charge in [-0.25, -0.2) is 4.98 Å². The average molecular weight is 239 g/mol. The minimum Gasteiger partial charge on any atom is -0.475 e. The van der Waals surface area contributed by atoms with Crippen LogP contribution in [0.4, 0.5) is 0 Å². The maximum absolute atomic E-state index is 9.83. The van der Waals surface area contributed by atoms with E-state index in [9.17, 15) is 5.11 Å². The zero-order chi connectivity index (χ0) is 12.7. The molecule has 1 heterocycles. The first kappa shape index (κ1) is 13.9. The number of nitrogens with zero attached hydrogens (tertiary/aromatic N) is 1. The normalized spacial score (nSPS) is 12.8. The van der Waals surface area contributed by atoms with E-state index in [0.29, 0.717) is 25.7 Å². The minimum absolute atomic E-state index is 0.182. The number of aliphatic hydroxyl groups is 1. The fourth-order valence-electron chi connectivity index (χ4n) is 1.39. The molecule has 1 rings (SSSR count). The van der Waals surface area contributed by atoms with Gasteiger partial charge in [0.15, 0.2) is 0 Å². The fraction of sp³-hybridized carbons (Fsp3) is 0.615. The van der Waals surface area contributed by atoms with Crippen LogP contribution in [0.5, 0.6) is 5.88 Å². The van der Waals surface area contributed by atoms with Crippen LogP contribution in [-0.4, -0.2) is 29.9 Å². The maximum atomic E-state index is 9.83. The molecular weight excluding hydrogens is 218 g/mol. The molecule has 1 atom stereocenters. The lowest BCUT2D eigenvalue weighted by molar-refractivity contribution is 0.108. The lowest BCUT2D eigenvalue weighted by Gasteiger charge is -2.14. The van der Waals surface area contributed by atoms with Crippen LogP contribution in [0.3, 0.4) is 0 Å². The van der Waals surface area contributed by atoms with Gasteiger partial charge in [0.2, 0.25) is 5.88 Å². The Labute approximate surface area is 103 Å². The Hall–Kier alpha value is -1.13. The summed E-state index contributed by atoms with van der Waals surface area (Å²) in [5, 5.41) is 9.83. The van der Waals surface area contributed by atoms with E-state index in [1.807, 2.05) is 26.8 Å². The van der Waals surface area contributed by atoms with Crippen LogP contribution >= 0.6 is 0 Å². The summed E-state index contributed by atoms with van der Waals surface area (Å²) in [6, 6.07) is 3.61. The molecule has 0 amide bonds. The van der Waals surface area contributed by atoms with Gasteiger partial charge < -0.3 is 14.6 Å². The van der Waals surface area contributed by atoms with Crippen molar-refractivity contribution in [1.82, 2.24) is 4.98 Å². The smallest absolute Gasteiger partial charge is 0.213 e. The number of rotatable bonds is 7. The van der Waals surface area contributed by atoms with Crippen molar-refractivity contribution in [2.24, 2.45) is 5.92 Å². The molecule has 96 valence electrons. The highest BCUT2D eigenvalue weighted by Crippen LogP contribution is 2.21. The van der Waals surface area contributed by atoms with Crippen molar-refractivity contribution in [3.8, 4) is 5.88 Å². The molecule has 0 radical (unpaired) electrons. The Morgan fingerprint density at radius 3 is 2.59 bits per heavy atom. The topological polar surface area (TPSA) is 51.6 Å². The van der Waals surface area contributed by atoms with Gasteiger partial charge in [-0.15, -0.1) is 0 Å². The summed E-state index contributed by atoms with van der Waals surface area (Å²) in [5.74, 6) is 0.742. The lowest BCUT2D eigenvalue weighted by atomic mass is 10.0. The molecule has 1 unspecified atom stereocenters. The van der Waals surface area contributed by atoms with E-state index < -0.39 is 6.10 Å². The third kappa shape index (κ3) is 4.71. The van der Waals surface area contributed by atoms with Crippen molar-refractivity contribution in [3.63, 3.8) is 0 Å². The van der Waals surface area contributed by atoms with Crippen molar-refractivity contribution >= 4 is 0 Å². The standard InChI is InChI=1S/C13H21NO3/c1-4-16-7-8-17-12-6-5-11(9-14-12)13(15)10(2)3/h5-6,9-10,13,15H,4,7-8H2,1-3H3. The SMILES string of the molecule is CCOCCOc1ccc(C(O)C(C)C)cn1. The highest BCUT2D eigenvalue weighted by molar-refractivity contribution is 5.20. The van der Waals surface area contributed by atoms with Gasteiger partial charge in [-0.1, -0.05) is 13.8 Å². The van der Waals surface area contributed by atoms with Crippen LogP contribution in [0.2, 0.25) is 0 Å². The van der Waals surface area contributed by atoms with E-state index >= 15 is 0 Å². The van der Waals surface area contributed by atoms with Gasteiger partial charge in [0.25, 0.3) is 0 Å². The maximum Gasteiger partial charge on any atom is 0.213 e. The van der Waals surface area contributed by atoms with E-state index in [0.717, 1.165) is 5.56 Å². The molecule has 0 saturated carbocycles. The van der Waals surface area contributed by atoms with Crippen molar-refractivity contribution in [1.29, 1.82) is 0 Å². The molecule has 0 fully saturated rings. The van der Waals surface area contributed by atoms with Crippen molar-refractivity contribution in [3.05, 3.63) is 23.9 Å². The van der Waals surface area contributed by atoms with Crippen LogP contribution in [0.1, 0.15) is 32.4 Å². The molecule has 17 heavy (non-hydrogen) atoms. The number of aromatic nitrogens is 1. The van der Waals surface area contributed by atoms with Gasteiger partial charge in [0.1, 0.15) is 6.61 Å². The second kappa shape index (κ2) is 7.25. The molecule has 1 aromatic rings. The molecule has 0 bridgehead atoms. The summed E-state index contributed by atoms with van der Waals surface area (Å²) in [6.07, 6.45) is 1.18. The predicted molar refractivity (Wildman–Crippen MR) is 66.0 cm³/mol. The number of pyridine rings is 1. The first-order valence-electron chi connectivity index (χ1n) is 5.99. The second-order valence-electron chi connectivity index (χ2n) is 4.16. The van der Waals surface area contributed by atoms with Crippen molar-refractivity contribution < 1.29 is 14.6 Å². The zero-order valence-corrected chi connectivity index (χ0v) is 10.7. The predicted octanol–water partition coefficient (Wildman–Crippen LogP) is 2.19. The van der Waals surface area contributed by atoms with Crippen LogP contribution in [0, 0.1) is 5.92 Å². The molecule has 1 N–H and O–H groups in total. The lowest BCUT2D eigenvalue weighted by Crippen LogP contribution is -2.08. The summed E-state index contributed by atoms with van der Waals surface area (Å²) in [6.45, 7) is 7.63. The summed E-state index contributed by atoms with van der Waals surface area (Å²) in [7, 11) is 0. The molecule has 4 nitrogen and oxygen atoms in total. The van der Waals surface area contributed by atoms with Crippen molar-refractivity contribution in [2.75, 3.05) is 19.8 Å². The van der Waals surface area contributed by atoms with Gasteiger partial charge in [-0.2, -0.15) is 0 Å². The van der Waals surface area contributed by atoms with E-state index in [2.05, 4.69) is 4.98 Å². The third-order valence-electron chi connectivity index (χ3n) is 2.41. The van der Waals surface area contributed by atoms with Crippen LogP contribution < -0.4 is 4.74 Å². The highest BCUT2D eigenvalue weighted by Gasteiger charge is 2.12. The number of hydrogen-bond donors (Lipinski definition) is 1. The van der Waals surface area contributed by atoms with E-state index in [4.69, 9.17) is 9.47 Å². The second-order valence-corrected chi connectivity index (χ2v) is 4.16.